The van der Waals surface area contributed by atoms with Crippen LogP contribution < -0.4 is 4.74 Å². The second-order valence-corrected chi connectivity index (χ2v) is 4.06. The second kappa shape index (κ2) is 6.12. The highest BCUT2D eigenvalue weighted by Crippen LogP contribution is 2.33. The Hall–Kier alpha value is -2.47. The molecule has 104 valence electrons. The summed E-state index contributed by atoms with van der Waals surface area (Å²) in [6.45, 7) is 0.0373. The smallest absolute Gasteiger partial charge is 0.346 e. The molecule has 2 aromatic carbocycles. The Balaban J connectivity index is 2.26. The molecule has 0 fully saturated rings. The summed E-state index contributed by atoms with van der Waals surface area (Å²) >= 11 is 0. The summed E-state index contributed by atoms with van der Waals surface area (Å²) in [4.78, 5) is 10.0. The Morgan fingerprint density at radius 1 is 1.20 bits per heavy atom. The van der Waals surface area contributed by atoms with Gasteiger partial charge in [0.05, 0.1) is 4.92 Å². The van der Waals surface area contributed by atoms with Crippen molar-refractivity contribution < 1.29 is 19.2 Å². The van der Waals surface area contributed by atoms with Crippen molar-refractivity contribution in [2.75, 3.05) is 6.61 Å². The van der Waals surface area contributed by atoms with E-state index in [2.05, 4.69) is 0 Å². The minimum Gasteiger partial charge on any atom is -0.450 e. The maximum Gasteiger partial charge on any atom is 0.346 e. The van der Waals surface area contributed by atoms with Crippen molar-refractivity contribution in [1.82, 2.24) is 0 Å². The molecule has 2 rings (SSSR count). The van der Waals surface area contributed by atoms with Gasteiger partial charge in [-0.15, -0.1) is 0 Å². The summed E-state index contributed by atoms with van der Waals surface area (Å²) in [6, 6.07) is 10.4. The van der Waals surface area contributed by atoms with Gasteiger partial charge in [-0.3, -0.25) is 10.1 Å². The Morgan fingerprint density at radius 2 is 1.90 bits per heavy atom. The molecule has 0 unspecified atom stereocenters. The zero-order valence-electron chi connectivity index (χ0n) is 10.5. The van der Waals surface area contributed by atoms with E-state index in [4.69, 9.17) is 9.84 Å². The van der Waals surface area contributed by atoms with Crippen molar-refractivity contribution in [3.8, 4) is 11.5 Å². The molecule has 20 heavy (non-hydrogen) atoms. The molecule has 0 saturated carbocycles. The highest BCUT2D eigenvalue weighted by molar-refractivity contribution is 5.49. The third-order valence-electron chi connectivity index (χ3n) is 2.68. The molecule has 5 nitrogen and oxygen atoms in total. The van der Waals surface area contributed by atoms with Crippen molar-refractivity contribution in [3.05, 3.63) is 64.0 Å². The van der Waals surface area contributed by atoms with Crippen LogP contribution in [-0.4, -0.2) is 16.6 Å². The van der Waals surface area contributed by atoms with Crippen LogP contribution >= 0.6 is 0 Å². The number of nitro benzene ring substituents is 1. The van der Waals surface area contributed by atoms with Gasteiger partial charge in [-0.1, -0.05) is 18.2 Å². The van der Waals surface area contributed by atoms with Gasteiger partial charge in [-0.25, -0.2) is 0 Å². The number of nitrogens with zero attached hydrogens (tertiary/aromatic N) is 1. The number of hydrogen-bond donors (Lipinski definition) is 1. The molecule has 2 aromatic rings. The summed E-state index contributed by atoms with van der Waals surface area (Å²) in [5.41, 5.74) is 0.223. The van der Waals surface area contributed by atoms with Crippen LogP contribution in [0.25, 0.3) is 0 Å². The predicted molar refractivity (Wildman–Crippen MR) is 70.4 cm³/mol. The number of aliphatic hydroxyl groups excluding tert-OH is 1. The standard InChI is InChI=1S/C14H12FNO4/c15-12-2-1-3-13(14(12)16(18)19)20-11-6-4-10(5-7-11)8-9-17/h1-7,17H,8-9H2. The largest absolute Gasteiger partial charge is 0.450 e. The summed E-state index contributed by atoms with van der Waals surface area (Å²) in [7, 11) is 0. The van der Waals surface area contributed by atoms with Crippen LogP contribution in [0, 0.1) is 15.9 Å². The Bertz CT molecular complexity index is 613. The van der Waals surface area contributed by atoms with E-state index in [-0.39, 0.29) is 12.4 Å². The molecule has 0 aromatic heterocycles. The van der Waals surface area contributed by atoms with Crippen LogP contribution in [0.1, 0.15) is 5.56 Å². The summed E-state index contributed by atoms with van der Waals surface area (Å²) < 4.78 is 18.8. The predicted octanol–water partition coefficient (Wildman–Crippen LogP) is 3.06. The van der Waals surface area contributed by atoms with Crippen LogP contribution in [0.3, 0.4) is 0 Å². The molecular weight excluding hydrogens is 265 g/mol. The monoisotopic (exact) mass is 277 g/mol. The van der Waals surface area contributed by atoms with Gasteiger partial charge < -0.3 is 9.84 Å². The first kappa shape index (κ1) is 14.0. The van der Waals surface area contributed by atoms with Crippen molar-refractivity contribution >= 4 is 5.69 Å². The number of nitro groups is 1. The summed E-state index contributed by atoms with van der Waals surface area (Å²) in [5, 5.41) is 19.6. The zero-order valence-corrected chi connectivity index (χ0v) is 10.5. The number of aliphatic hydroxyl groups is 1. The Morgan fingerprint density at radius 3 is 2.50 bits per heavy atom. The van der Waals surface area contributed by atoms with Gasteiger partial charge in [0.25, 0.3) is 0 Å². The average Bonchev–Trinajstić information content (AvgIpc) is 2.41. The van der Waals surface area contributed by atoms with E-state index in [0.29, 0.717) is 12.2 Å². The fourth-order valence-electron chi connectivity index (χ4n) is 1.74. The number of benzene rings is 2. The van der Waals surface area contributed by atoms with E-state index in [1.807, 2.05) is 0 Å². The topological polar surface area (TPSA) is 72.6 Å². The average molecular weight is 277 g/mol. The molecule has 6 heteroatoms. The van der Waals surface area contributed by atoms with Gasteiger partial charge in [0.1, 0.15) is 5.75 Å². The third-order valence-corrected chi connectivity index (χ3v) is 2.68. The number of para-hydroxylation sites is 1. The maximum atomic E-state index is 13.4. The van der Waals surface area contributed by atoms with E-state index >= 15 is 0 Å². The second-order valence-electron chi connectivity index (χ2n) is 4.06. The van der Waals surface area contributed by atoms with Gasteiger partial charge in [0.2, 0.25) is 11.6 Å². The zero-order chi connectivity index (χ0) is 14.5. The number of rotatable bonds is 5. The normalized spacial score (nSPS) is 10.3. The van der Waals surface area contributed by atoms with E-state index in [1.54, 1.807) is 24.3 Å². The van der Waals surface area contributed by atoms with Gasteiger partial charge in [0.15, 0.2) is 0 Å². The molecular formula is C14H12FNO4. The minimum atomic E-state index is -0.940. The van der Waals surface area contributed by atoms with E-state index in [1.165, 1.54) is 12.1 Å². The van der Waals surface area contributed by atoms with Crippen LogP contribution in [-0.2, 0) is 6.42 Å². The van der Waals surface area contributed by atoms with E-state index in [0.717, 1.165) is 11.6 Å². The number of hydrogen-bond acceptors (Lipinski definition) is 4. The fraction of sp³-hybridized carbons (Fsp3) is 0.143. The molecule has 0 radical (unpaired) electrons. The highest BCUT2D eigenvalue weighted by Gasteiger charge is 2.21. The van der Waals surface area contributed by atoms with Crippen LogP contribution in [0.2, 0.25) is 0 Å². The lowest BCUT2D eigenvalue weighted by molar-refractivity contribution is -0.388. The van der Waals surface area contributed by atoms with Crippen LogP contribution in [0.15, 0.2) is 42.5 Å². The van der Waals surface area contributed by atoms with Gasteiger partial charge in [0, 0.05) is 6.61 Å². The highest BCUT2D eigenvalue weighted by atomic mass is 19.1. The lowest BCUT2D eigenvalue weighted by Gasteiger charge is -2.07. The van der Waals surface area contributed by atoms with E-state index < -0.39 is 16.4 Å². The first-order valence-corrected chi connectivity index (χ1v) is 5.92. The van der Waals surface area contributed by atoms with Crippen molar-refractivity contribution in [3.63, 3.8) is 0 Å². The van der Waals surface area contributed by atoms with E-state index in [9.17, 15) is 14.5 Å². The molecule has 1 N–H and O–H groups in total. The van der Waals surface area contributed by atoms with Crippen LogP contribution in [0.5, 0.6) is 11.5 Å². The van der Waals surface area contributed by atoms with Crippen molar-refractivity contribution in [1.29, 1.82) is 0 Å². The Kier molecular flexibility index (Phi) is 4.27. The molecule has 0 aliphatic heterocycles. The fourth-order valence-corrected chi connectivity index (χ4v) is 1.74. The van der Waals surface area contributed by atoms with Crippen molar-refractivity contribution in [2.45, 2.75) is 6.42 Å². The van der Waals surface area contributed by atoms with Gasteiger partial charge in [-0.05, 0) is 36.2 Å². The summed E-state index contributed by atoms with van der Waals surface area (Å²) in [6.07, 6.45) is 0.514. The first-order chi connectivity index (χ1) is 9.61. The van der Waals surface area contributed by atoms with Gasteiger partial charge in [-0.2, -0.15) is 4.39 Å². The molecule has 0 aliphatic rings. The molecule has 0 aliphatic carbocycles. The molecule has 0 bridgehead atoms. The molecule has 0 heterocycles. The quantitative estimate of drug-likeness (QED) is 0.673. The first-order valence-electron chi connectivity index (χ1n) is 5.92. The SMILES string of the molecule is O=[N+]([O-])c1c(F)cccc1Oc1ccc(CCO)cc1. The molecule has 0 spiro atoms. The summed E-state index contributed by atoms with van der Waals surface area (Å²) in [5.74, 6) is -0.727. The molecule has 0 saturated heterocycles. The lowest BCUT2D eigenvalue weighted by Crippen LogP contribution is -1.97. The number of ether oxygens (including phenoxy) is 1. The lowest BCUT2D eigenvalue weighted by atomic mass is 10.1. The maximum absolute atomic E-state index is 13.4. The van der Waals surface area contributed by atoms with Crippen LogP contribution in [0.4, 0.5) is 10.1 Å². The molecule has 0 atom stereocenters. The molecule has 0 amide bonds. The van der Waals surface area contributed by atoms with Crippen molar-refractivity contribution in [2.24, 2.45) is 0 Å². The Labute approximate surface area is 114 Å². The van der Waals surface area contributed by atoms with Gasteiger partial charge >= 0.3 is 5.69 Å². The number of halogens is 1. The minimum absolute atomic E-state index is 0.0373. The third kappa shape index (κ3) is 3.10.